The SMILES string of the molecule is Cc1c(-c2cccc(Cl)c2)nc2ccccc2c1C(=O)Nc1cccc(S(=O)(=O)N2CCCCCC2)c1. The molecule has 8 heteroatoms. The number of carbonyl (C=O) groups excluding carboxylic acids is 1. The highest BCUT2D eigenvalue weighted by Crippen LogP contribution is 2.32. The van der Waals surface area contributed by atoms with Gasteiger partial charge < -0.3 is 5.32 Å². The second-order valence-electron chi connectivity index (χ2n) is 9.29. The molecule has 1 aliphatic heterocycles. The zero-order valence-electron chi connectivity index (χ0n) is 20.6. The van der Waals surface area contributed by atoms with E-state index in [-0.39, 0.29) is 10.8 Å². The second kappa shape index (κ2) is 10.6. The van der Waals surface area contributed by atoms with Gasteiger partial charge in [0.1, 0.15) is 0 Å². The average molecular weight is 534 g/mol. The number of carbonyl (C=O) groups is 1. The lowest BCUT2D eigenvalue weighted by Crippen LogP contribution is -2.32. The largest absolute Gasteiger partial charge is 0.322 e. The van der Waals surface area contributed by atoms with Gasteiger partial charge in [-0.2, -0.15) is 4.31 Å². The number of rotatable bonds is 5. The van der Waals surface area contributed by atoms with Crippen molar-refractivity contribution in [1.29, 1.82) is 0 Å². The lowest BCUT2D eigenvalue weighted by Gasteiger charge is -2.20. The summed E-state index contributed by atoms with van der Waals surface area (Å²) in [5, 5.41) is 4.24. The van der Waals surface area contributed by atoms with Crippen LogP contribution in [0.25, 0.3) is 22.2 Å². The standard InChI is InChI=1S/C29H28ClN3O3S/c1-20-27(25-14-4-5-15-26(25)32-28(20)21-10-8-11-22(30)18-21)29(34)31-23-12-9-13-24(19-23)37(35,36)33-16-6-2-3-7-17-33/h4-5,8-15,18-19H,2-3,6-7,16-17H2,1H3,(H,31,34). The van der Waals surface area contributed by atoms with E-state index in [1.807, 2.05) is 49.4 Å². The van der Waals surface area contributed by atoms with Crippen LogP contribution < -0.4 is 5.32 Å². The van der Waals surface area contributed by atoms with Crippen molar-refractivity contribution in [1.82, 2.24) is 9.29 Å². The number of hydrogen-bond donors (Lipinski definition) is 1. The Labute approximate surface area is 222 Å². The third-order valence-corrected chi connectivity index (χ3v) is 8.89. The Hall–Kier alpha value is -3.26. The van der Waals surface area contributed by atoms with E-state index in [1.165, 1.54) is 6.07 Å². The minimum atomic E-state index is -3.64. The Morgan fingerprint density at radius 1 is 0.919 bits per heavy atom. The van der Waals surface area contributed by atoms with Gasteiger partial charge in [-0.15, -0.1) is 0 Å². The van der Waals surface area contributed by atoms with Crippen LogP contribution in [0.2, 0.25) is 5.02 Å². The highest BCUT2D eigenvalue weighted by molar-refractivity contribution is 7.89. The van der Waals surface area contributed by atoms with E-state index >= 15 is 0 Å². The second-order valence-corrected chi connectivity index (χ2v) is 11.7. The Morgan fingerprint density at radius 3 is 2.41 bits per heavy atom. The molecule has 5 rings (SSSR count). The number of para-hydroxylation sites is 1. The zero-order valence-corrected chi connectivity index (χ0v) is 22.1. The first kappa shape index (κ1) is 25.4. The van der Waals surface area contributed by atoms with Crippen LogP contribution in [0.15, 0.2) is 77.7 Å². The summed E-state index contributed by atoms with van der Waals surface area (Å²) < 4.78 is 28.2. The number of halogens is 1. The minimum absolute atomic E-state index is 0.183. The summed E-state index contributed by atoms with van der Waals surface area (Å²) in [7, 11) is -3.64. The first-order valence-corrected chi connectivity index (χ1v) is 14.2. The van der Waals surface area contributed by atoms with E-state index in [0.717, 1.165) is 36.6 Å². The zero-order chi connectivity index (χ0) is 26.0. The summed E-state index contributed by atoms with van der Waals surface area (Å²) in [5.74, 6) is -0.330. The lowest BCUT2D eigenvalue weighted by atomic mass is 9.97. The number of aromatic nitrogens is 1. The van der Waals surface area contributed by atoms with Crippen LogP contribution in [-0.4, -0.2) is 36.7 Å². The normalized spacial score (nSPS) is 14.9. The fourth-order valence-corrected chi connectivity index (χ4v) is 6.63. The van der Waals surface area contributed by atoms with E-state index in [0.29, 0.717) is 46.1 Å². The summed E-state index contributed by atoms with van der Waals surface area (Å²) in [4.78, 5) is 18.7. The molecule has 6 nitrogen and oxygen atoms in total. The molecule has 3 aromatic carbocycles. The van der Waals surface area contributed by atoms with Crippen molar-refractivity contribution in [2.75, 3.05) is 18.4 Å². The van der Waals surface area contributed by atoms with E-state index in [2.05, 4.69) is 5.32 Å². The first-order chi connectivity index (χ1) is 17.8. The van der Waals surface area contributed by atoms with Gasteiger partial charge >= 0.3 is 0 Å². The number of anilines is 1. The van der Waals surface area contributed by atoms with E-state index in [9.17, 15) is 13.2 Å². The quantitative estimate of drug-likeness (QED) is 0.310. The van der Waals surface area contributed by atoms with Crippen LogP contribution in [-0.2, 0) is 10.0 Å². The van der Waals surface area contributed by atoms with Crippen LogP contribution in [0.1, 0.15) is 41.6 Å². The van der Waals surface area contributed by atoms with Crippen molar-refractivity contribution in [3.63, 3.8) is 0 Å². The Morgan fingerprint density at radius 2 is 1.65 bits per heavy atom. The molecule has 0 spiro atoms. The monoisotopic (exact) mass is 533 g/mol. The molecule has 0 aliphatic carbocycles. The molecular formula is C29H28ClN3O3S. The van der Waals surface area contributed by atoms with Gasteiger partial charge in [-0.1, -0.05) is 60.8 Å². The molecule has 37 heavy (non-hydrogen) atoms. The maximum absolute atomic E-state index is 13.7. The molecule has 0 atom stereocenters. The summed E-state index contributed by atoms with van der Waals surface area (Å²) in [6, 6.07) is 21.4. The number of pyridine rings is 1. The van der Waals surface area contributed by atoms with Crippen LogP contribution >= 0.6 is 11.6 Å². The summed E-state index contributed by atoms with van der Waals surface area (Å²) in [6.45, 7) is 2.91. The van der Waals surface area contributed by atoms with E-state index in [1.54, 1.807) is 28.6 Å². The molecule has 4 aromatic rings. The average Bonchev–Trinajstić information content (AvgIpc) is 3.19. The van der Waals surface area contributed by atoms with Gasteiger partial charge in [-0.05, 0) is 61.7 Å². The van der Waals surface area contributed by atoms with Gasteiger partial charge in [0.15, 0.2) is 0 Å². The molecule has 0 saturated carbocycles. The molecular weight excluding hydrogens is 506 g/mol. The number of hydrogen-bond acceptors (Lipinski definition) is 4. The fraction of sp³-hybridized carbons (Fsp3) is 0.241. The lowest BCUT2D eigenvalue weighted by molar-refractivity contribution is 0.102. The molecule has 190 valence electrons. The third kappa shape index (κ3) is 5.25. The van der Waals surface area contributed by atoms with Gasteiger partial charge in [0.2, 0.25) is 10.0 Å². The number of amides is 1. The van der Waals surface area contributed by atoms with Crippen molar-refractivity contribution in [2.45, 2.75) is 37.5 Å². The van der Waals surface area contributed by atoms with Crippen LogP contribution in [0.4, 0.5) is 5.69 Å². The molecule has 1 N–H and O–H groups in total. The van der Waals surface area contributed by atoms with Crippen LogP contribution in [0.3, 0.4) is 0 Å². The predicted octanol–water partition coefficient (Wildman–Crippen LogP) is 6.68. The molecule has 0 radical (unpaired) electrons. The Bertz CT molecular complexity index is 1580. The van der Waals surface area contributed by atoms with E-state index < -0.39 is 10.0 Å². The van der Waals surface area contributed by atoms with Crippen molar-refractivity contribution >= 4 is 44.1 Å². The molecule has 1 aromatic heterocycles. The highest BCUT2D eigenvalue weighted by Gasteiger charge is 2.26. The van der Waals surface area contributed by atoms with Crippen LogP contribution in [0, 0.1) is 6.92 Å². The number of nitrogens with one attached hydrogen (secondary N) is 1. The Kier molecular flexibility index (Phi) is 7.29. The number of nitrogens with zero attached hydrogens (tertiary/aromatic N) is 2. The smallest absolute Gasteiger partial charge is 0.256 e. The molecule has 2 heterocycles. The summed E-state index contributed by atoms with van der Waals surface area (Å²) >= 11 is 6.23. The number of fused-ring (bicyclic) bond motifs is 1. The van der Waals surface area contributed by atoms with Crippen molar-refractivity contribution < 1.29 is 13.2 Å². The number of sulfonamides is 1. The number of benzene rings is 3. The van der Waals surface area contributed by atoms with Crippen LogP contribution in [0.5, 0.6) is 0 Å². The summed E-state index contributed by atoms with van der Waals surface area (Å²) in [6.07, 6.45) is 3.80. The molecule has 0 bridgehead atoms. The van der Waals surface area contributed by atoms with E-state index in [4.69, 9.17) is 16.6 Å². The van der Waals surface area contributed by atoms with Gasteiger partial charge in [0.05, 0.1) is 21.7 Å². The topological polar surface area (TPSA) is 79.4 Å². The maximum atomic E-state index is 13.7. The van der Waals surface area contributed by atoms with Crippen molar-refractivity contribution in [3.8, 4) is 11.3 Å². The third-order valence-electron chi connectivity index (χ3n) is 6.76. The van der Waals surface area contributed by atoms with Gasteiger partial charge in [-0.3, -0.25) is 4.79 Å². The fourth-order valence-electron chi connectivity index (χ4n) is 4.88. The van der Waals surface area contributed by atoms with Gasteiger partial charge in [0, 0.05) is 34.7 Å². The van der Waals surface area contributed by atoms with Gasteiger partial charge in [0.25, 0.3) is 5.91 Å². The molecule has 1 fully saturated rings. The predicted molar refractivity (Wildman–Crippen MR) is 149 cm³/mol. The Balaban J connectivity index is 1.52. The minimum Gasteiger partial charge on any atom is -0.322 e. The molecule has 1 saturated heterocycles. The first-order valence-electron chi connectivity index (χ1n) is 12.4. The van der Waals surface area contributed by atoms with Crippen molar-refractivity contribution in [2.24, 2.45) is 0 Å². The van der Waals surface area contributed by atoms with Crippen molar-refractivity contribution in [3.05, 3.63) is 88.9 Å². The highest BCUT2D eigenvalue weighted by atomic mass is 35.5. The molecule has 0 unspecified atom stereocenters. The maximum Gasteiger partial charge on any atom is 0.256 e. The molecule has 1 aliphatic rings. The van der Waals surface area contributed by atoms with Gasteiger partial charge in [-0.25, -0.2) is 13.4 Å². The molecule has 1 amide bonds. The summed E-state index contributed by atoms with van der Waals surface area (Å²) in [5.41, 5.74) is 3.79.